The SMILES string of the molecule is COc1cc(-c2cc(=O)c3c(O)cccc3o2)ccc1F. The van der Waals surface area contributed by atoms with Crippen molar-refractivity contribution in [2.24, 2.45) is 0 Å². The Labute approximate surface area is 119 Å². The van der Waals surface area contributed by atoms with E-state index < -0.39 is 5.82 Å². The summed E-state index contributed by atoms with van der Waals surface area (Å²) in [5.41, 5.74) is 0.407. The fraction of sp³-hybridized carbons (Fsp3) is 0.0625. The molecular weight excluding hydrogens is 275 g/mol. The first-order chi connectivity index (χ1) is 10.1. The zero-order valence-electron chi connectivity index (χ0n) is 11.1. The molecule has 4 nitrogen and oxygen atoms in total. The number of rotatable bonds is 2. The summed E-state index contributed by atoms with van der Waals surface area (Å²) in [5.74, 6) is -0.297. The van der Waals surface area contributed by atoms with Gasteiger partial charge in [0.15, 0.2) is 17.0 Å². The zero-order valence-corrected chi connectivity index (χ0v) is 11.1. The smallest absolute Gasteiger partial charge is 0.197 e. The summed E-state index contributed by atoms with van der Waals surface area (Å²) in [6.45, 7) is 0. The molecule has 0 radical (unpaired) electrons. The number of aromatic hydroxyl groups is 1. The Kier molecular flexibility index (Phi) is 3.10. The van der Waals surface area contributed by atoms with Crippen molar-refractivity contribution in [1.82, 2.24) is 0 Å². The minimum atomic E-state index is -0.498. The van der Waals surface area contributed by atoms with Crippen molar-refractivity contribution in [2.45, 2.75) is 0 Å². The van der Waals surface area contributed by atoms with Gasteiger partial charge in [0.05, 0.1) is 7.11 Å². The van der Waals surface area contributed by atoms with E-state index in [-0.39, 0.29) is 33.7 Å². The molecule has 0 atom stereocenters. The maximum Gasteiger partial charge on any atom is 0.197 e. The molecule has 0 aliphatic carbocycles. The van der Waals surface area contributed by atoms with E-state index in [9.17, 15) is 14.3 Å². The minimum absolute atomic E-state index is 0.0613. The van der Waals surface area contributed by atoms with Crippen LogP contribution in [0.25, 0.3) is 22.3 Å². The van der Waals surface area contributed by atoms with Crippen LogP contribution in [-0.2, 0) is 0 Å². The molecule has 3 rings (SSSR count). The maximum absolute atomic E-state index is 13.4. The second-order valence-corrected chi connectivity index (χ2v) is 4.47. The minimum Gasteiger partial charge on any atom is -0.507 e. The molecule has 3 aromatic rings. The first-order valence-corrected chi connectivity index (χ1v) is 6.20. The Morgan fingerprint density at radius 1 is 1.19 bits per heavy atom. The van der Waals surface area contributed by atoms with Crippen molar-refractivity contribution >= 4 is 11.0 Å². The number of phenols is 1. The molecule has 0 unspecified atom stereocenters. The highest BCUT2D eigenvalue weighted by Gasteiger charge is 2.12. The number of fused-ring (bicyclic) bond motifs is 1. The van der Waals surface area contributed by atoms with Crippen molar-refractivity contribution in [3.63, 3.8) is 0 Å². The third-order valence-corrected chi connectivity index (χ3v) is 3.17. The molecule has 0 spiro atoms. The van der Waals surface area contributed by atoms with Crippen LogP contribution in [0.5, 0.6) is 11.5 Å². The van der Waals surface area contributed by atoms with Crippen LogP contribution < -0.4 is 10.2 Å². The number of halogens is 1. The van der Waals surface area contributed by atoms with Gasteiger partial charge >= 0.3 is 0 Å². The summed E-state index contributed by atoms with van der Waals surface area (Å²) >= 11 is 0. The lowest BCUT2D eigenvalue weighted by Crippen LogP contribution is -2.00. The van der Waals surface area contributed by atoms with E-state index in [2.05, 4.69) is 0 Å². The van der Waals surface area contributed by atoms with E-state index in [0.717, 1.165) is 0 Å². The Morgan fingerprint density at radius 2 is 2.00 bits per heavy atom. The monoisotopic (exact) mass is 286 g/mol. The number of ether oxygens (including phenoxy) is 1. The molecule has 106 valence electrons. The quantitative estimate of drug-likeness (QED) is 0.785. The van der Waals surface area contributed by atoms with E-state index in [0.29, 0.717) is 5.56 Å². The third-order valence-electron chi connectivity index (χ3n) is 3.17. The van der Waals surface area contributed by atoms with Crippen LogP contribution in [0.3, 0.4) is 0 Å². The van der Waals surface area contributed by atoms with Crippen LogP contribution in [0, 0.1) is 5.82 Å². The maximum atomic E-state index is 13.4. The van der Waals surface area contributed by atoms with Gasteiger partial charge < -0.3 is 14.3 Å². The van der Waals surface area contributed by atoms with Crippen LogP contribution in [0.4, 0.5) is 4.39 Å². The fourth-order valence-corrected chi connectivity index (χ4v) is 2.15. The van der Waals surface area contributed by atoms with Gasteiger partial charge in [-0.05, 0) is 30.3 Å². The summed E-state index contributed by atoms with van der Waals surface area (Å²) in [6, 6.07) is 10.0. The molecule has 1 N–H and O–H groups in total. The molecule has 0 saturated heterocycles. The van der Waals surface area contributed by atoms with Gasteiger partial charge in [-0.15, -0.1) is 0 Å². The van der Waals surface area contributed by atoms with Gasteiger partial charge in [-0.3, -0.25) is 4.79 Å². The summed E-state index contributed by atoms with van der Waals surface area (Å²) in [4.78, 5) is 12.1. The van der Waals surface area contributed by atoms with Crippen molar-refractivity contribution < 1.29 is 18.7 Å². The molecule has 5 heteroatoms. The van der Waals surface area contributed by atoms with E-state index in [1.165, 1.54) is 37.4 Å². The van der Waals surface area contributed by atoms with Gasteiger partial charge in [0.25, 0.3) is 0 Å². The van der Waals surface area contributed by atoms with Crippen LogP contribution in [0.1, 0.15) is 0 Å². The molecular formula is C16H11FO4. The van der Waals surface area contributed by atoms with E-state index >= 15 is 0 Å². The van der Waals surface area contributed by atoms with Crippen molar-refractivity contribution in [3.05, 3.63) is 58.5 Å². The highest BCUT2D eigenvalue weighted by molar-refractivity contribution is 5.84. The Hall–Kier alpha value is -2.82. The Morgan fingerprint density at radius 3 is 2.76 bits per heavy atom. The predicted molar refractivity (Wildman–Crippen MR) is 76.1 cm³/mol. The molecule has 0 amide bonds. The first-order valence-electron chi connectivity index (χ1n) is 6.20. The molecule has 1 heterocycles. The standard InChI is InChI=1S/C16H11FO4/c1-20-15-7-9(5-6-10(15)17)14-8-12(19)16-11(18)3-2-4-13(16)21-14/h2-8,18H,1H3. The van der Waals surface area contributed by atoms with Gasteiger partial charge in [0, 0.05) is 11.6 Å². The number of hydrogen-bond acceptors (Lipinski definition) is 4. The summed E-state index contributed by atoms with van der Waals surface area (Å²) < 4.78 is 23.9. The van der Waals surface area contributed by atoms with Crippen molar-refractivity contribution in [2.75, 3.05) is 7.11 Å². The number of phenolic OH excluding ortho intramolecular Hbond substituents is 1. The lowest BCUT2D eigenvalue weighted by atomic mass is 10.1. The van der Waals surface area contributed by atoms with Gasteiger partial charge in [0.1, 0.15) is 22.5 Å². The van der Waals surface area contributed by atoms with Gasteiger partial charge in [0.2, 0.25) is 0 Å². The zero-order chi connectivity index (χ0) is 15.0. The normalized spacial score (nSPS) is 10.8. The molecule has 0 aliphatic rings. The molecule has 0 bridgehead atoms. The van der Waals surface area contributed by atoms with Crippen LogP contribution in [-0.4, -0.2) is 12.2 Å². The largest absolute Gasteiger partial charge is 0.507 e. The highest BCUT2D eigenvalue weighted by atomic mass is 19.1. The van der Waals surface area contributed by atoms with Crippen LogP contribution >= 0.6 is 0 Å². The average molecular weight is 286 g/mol. The Balaban J connectivity index is 2.24. The second kappa shape index (κ2) is 4.94. The highest BCUT2D eigenvalue weighted by Crippen LogP contribution is 2.29. The molecule has 0 fully saturated rings. The molecule has 0 saturated carbocycles. The lowest BCUT2D eigenvalue weighted by molar-refractivity contribution is 0.386. The second-order valence-electron chi connectivity index (χ2n) is 4.47. The topological polar surface area (TPSA) is 59.7 Å². The predicted octanol–water partition coefficient (Wildman–Crippen LogP) is 3.31. The van der Waals surface area contributed by atoms with Gasteiger partial charge in [-0.25, -0.2) is 4.39 Å². The first kappa shape index (κ1) is 13.2. The average Bonchev–Trinajstić information content (AvgIpc) is 2.47. The third kappa shape index (κ3) is 2.23. The number of hydrogen-bond donors (Lipinski definition) is 1. The number of methoxy groups -OCH3 is 1. The van der Waals surface area contributed by atoms with E-state index in [4.69, 9.17) is 9.15 Å². The van der Waals surface area contributed by atoms with Crippen LogP contribution in [0.15, 0.2) is 51.7 Å². The molecule has 1 aromatic heterocycles. The van der Waals surface area contributed by atoms with Crippen molar-refractivity contribution in [3.8, 4) is 22.8 Å². The van der Waals surface area contributed by atoms with Gasteiger partial charge in [-0.1, -0.05) is 6.07 Å². The fourth-order valence-electron chi connectivity index (χ4n) is 2.15. The Bertz CT molecular complexity index is 883. The van der Waals surface area contributed by atoms with E-state index in [1.54, 1.807) is 12.1 Å². The summed E-state index contributed by atoms with van der Waals surface area (Å²) in [6.07, 6.45) is 0. The number of benzene rings is 2. The molecule has 21 heavy (non-hydrogen) atoms. The molecule has 0 aliphatic heterocycles. The van der Waals surface area contributed by atoms with Crippen molar-refractivity contribution in [1.29, 1.82) is 0 Å². The van der Waals surface area contributed by atoms with Crippen LogP contribution in [0.2, 0.25) is 0 Å². The summed E-state index contributed by atoms with van der Waals surface area (Å²) in [7, 11) is 1.36. The lowest BCUT2D eigenvalue weighted by Gasteiger charge is -2.06. The summed E-state index contributed by atoms with van der Waals surface area (Å²) in [5, 5.41) is 9.82. The molecule has 2 aromatic carbocycles. The van der Waals surface area contributed by atoms with E-state index in [1.807, 2.05) is 0 Å². The van der Waals surface area contributed by atoms with Gasteiger partial charge in [-0.2, -0.15) is 0 Å².